The molecule has 0 aliphatic carbocycles. The average molecular weight is 419 g/mol. The second kappa shape index (κ2) is 8.58. The van der Waals surface area contributed by atoms with Crippen LogP contribution in [0.1, 0.15) is 33.4 Å². The molecule has 0 aliphatic rings. The number of nitrogens with zero attached hydrogens (tertiary/aromatic N) is 2. The van der Waals surface area contributed by atoms with E-state index < -0.39 is 12.5 Å². The maximum Gasteiger partial charge on any atom is 0.573 e. The summed E-state index contributed by atoms with van der Waals surface area (Å²) < 4.78 is 42.1. The number of aliphatic hydroxyl groups is 1. The van der Waals surface area contributed by atoms with Gasteiger partial charge >= 0.3 is 6.36 Å². The molecule has 2 N–H and O–H groups in total. The molecule has 0 saturated heterocycles. The Morgan fingerprint density at radius 2 is 1.77 bits per heavy atom. The van der Waals surface area contributed by atoms with Crippen LogP contribution < -0.4 is 10.1 Å². The normalized spacial score (nSPS) is 12.5. The number of aryl methyl sites for hydroxylation is 2. The van der Waals surface area contributed by atoms with Crippen molar-refractivity contribution in [2.45, 2.75) is 26.3 Å². The molecule has 1 heterocycles. The number of aliphatic hydroxyl groups excluding tert-OH is 1. The fourth-order valence-corrected chi connectivity index (χ4v) is 2.95. The van der Waals surface area contributed by atoms with Crippen LogP contribution in [0.4, 0.5) is 13.2 Å². The van der Waals surface area contributed by atoms with E-state index in [0.29, 0.717) is 11.1 Å². The Labute approximate surface area is 170 Å². The number of nitrogens with one attached hydrogen (secondary N) is 1. The molecule has 0 aliphatic heterocycles. The Bertz CT molecular complexity index is 1010. The number of hydrogen-bond donors (Lipinski definition) is 2. The van der Waals surface area contributed by atoms with Crippen molar-refractivity contribution >= 4 is 5.91 Å². The van der Waals surface area contributed by atoms with Crippen LogP contribution in [0.15, 0.2) is 54.6 Å². The number of halogens is 3. The molecule has 2 aromatic carbocycles. The van der Waals surface area contributed by atoms with Crippen molar-refractivity contribution in [1.82, 2.24) is 15.1 Å². The lowest BCUT2D eigenvalue weighted by molar-refractivity contribution is -0.274. The quantitative estimate of drug-likeness (QED) is 0.636. The van der Waals surface area contributed by atoms with Gasteiger partial charge in [0.15, 0.2) is 0 Å². The van der Waals surface area contributed by atoms with Crippen LogP contribution in [0.25, 0.3) is 5.69 Å². The van der Waals surface area contributed by atoms with Gasteiger partial charge in [-0.15, -0.1) is 13.2 Å². The van der Waals surface area contributed by atoms with Gasteiger partial charge in [-0.2, -0.15) is 5.10 Å². The molecule has 30 heavy (non-hydrogen) atoms. The van der Waals surface area contributed by atoms with Gasteiger partial charge in [-0.3, -0.25) is 4.79 Å². The molecule has 9 heteroatoms. The molecule has 1 amide bonds. The summed E-state index contributed by atoms with van der Waals surface area (Å²) in [6, 6.07) is 13.6. The van der Waals surface area contributed by atoms with E-state index in [2.05, 4.69) is 15.2 Å². The minimum absolute atomic E-state index is 0.0997. The molecular formula is C21H20F3N3O3. The van der Waals surface area contributed by atoms with E-state index in [0.717, 1.165) is 29.2 Å². The van der Waals surface area contributed by atoms with E-state index in [4.69, 9.17) is 0 Å². The van der Waals surface area contributed by atoms with Gasteiger partial charge in [0.05, 0.1) is 17.5 Å². The predicted octanol–water partition coefficient (Wildman–Crippen LogP) is 3.85. The third-order valence-electron chi connectivity index (χ3n) is 4.34. The number of rotatable bonds is 6. The summed E-state index contributed by atoms with van der Waals surface area (Å²) in [5.74, 6) is -0.767. The van der Waals surface area contributed by atoms with E-state index in [1.54, 1.807) is 28.9 Å². The summed E-state index contributed by atoms with van der Waals surface area (Å²) in [5, 5.41) is 17.2. The molecule has 3 rings (SSSR count). The van der Waals surface area contributed by atoms with E-state index >= 15 is 0 Å². The number of aromatic nitrogens is 2. The second-order valence-electron chi connectivity index (χ2n) is 6.73. The molecule has 0 saturated carbocycles. The lowest BCUT2D eigenvalue weighted by atomic mass is 10.1. The van der Waals surface area contributed by atoms with E-state index in [1.165, 1.54) is 12.1 Å². The Morgan fingerprint density at radius 3 is 2.30 bits per heavy atom. The van der Waals surface area contributed by atoms with Gasteiger partial charge in [0.2, 0.25) is 0 Å². The van der Waals surface area contributed by atoms with Gasteiger partial charge in [-0.1, -0.05) is 12.1 Å². The highest BCUT2D eigenvalue weighted by Gasteiger charge is 2.31. The van der Waals surface area contributed by atoms with Crippen LogP contribution in [0.2, 0.25) is 0 Å². The Kier molecular flexibility index (Phi) is 6.12. The predicted molar refractivity (Wildman–Crippen MR) is 103 cm³/mol. The monoisotopic (exact) mass is 419 g/mol. The van der Waals surface area contributed by atoms with Crippen LogP contribution in [0, 0.1) is 13.8 Å². The van der Waals surface area contributed by atoms with E-state index in [1.807, 2.05) is 19.9 Å². The third kappa shape index (κ3) is 5.38. The maximum absolute atomic E-state index is 12.3. The van der Waals surface area contributed by atoms with Crippen molar-refractivity contribution in [1.29, 1.82) is 0 Å². The van der Waals surface area contributed by atoms with Crippen molar-refractivity contribution in [2.75, 3.05) is 6.54 Å². The van der Waals surface area contributed by atoms with Gasteiger partial charge in [0.1, 0.15) is 5.75 Å². The lowest BCUT2D eigenvalue weighted by Crippen LogP contribution is -2.28. The van der Waals surface area contributed by atoms with Gasteiger partial charge in [-0.25, -0.2) is 4.68 Å². The van der Waals surface area contributed by atoms with Gasteiger partial charge in [0, 0.05) is 17.8 Å². The van der Waals surface area contributed by atoms with Crippen molar-refractivity contribution in [3.8, 4) is 11.4 Å². The summed E-state index contributed by atoms with van der Waals surface area (Å²) in [4.78, 5) is 12.3. The van der Waals surface area contributed by atoms with Crippen LogP contribution in [0.5, 0.6) is 5.75 Å². The summed E-state index contributed by atoms with van der Waals surface area (Å²) in [5.41, 5.74) is 3.44. The van der Waals surface area contributed by atoms with Crippen LogP contribution in [0.3, 0.4) is 0 Å². The zero-order valence-corrected chi connectivity index (χ0v) is 16.3. The molecule has 158 valence electrons. The number of hydrogen-bond acceptors (Lipinski definition) is 4. The highest BCUT2D eigenvalue weighted by molar-refractivity contribution is 5.94. The first-order valence-corrected chi connectivity index (χ1v) is 9.08. The largest absolute Gasteiger partial charge is 0.573 e. The van der Waals surface area contributed by atoms with Crippen molar-refractivity contribution in [3.63, 3.8) is 0 Å². The minimum atomic E-state index is -4.78. The smallest absolute Gasteiger partial charge is 0.406 e. The molecule has 1 unspecified atom stereocenters. The molecule has 0 bridgehead atoms. The van der Waals surface area contributed by atoms with E-state index in [-0.39, 0.29) is 18.2 Å². The van der Waals surface area contributed by atoms with Crippen molar-refractivity contribution in [2.24, 2.45) is 0 Å². The molecular weight excluding hydrogens is 399 g/mol. The maximum atomic E-state index is 12.3. The molecule has 1 aromatic heterocycles. The first-order chi connectivity index (χ1) is 14.1. The number of benzene rings is 2. The van der Waals surface area contributed by atoms with Crippen LogP contribution in [-0.2, 0) is 0 Å². The number of alkyl halides is 3. The average Bonchev–Trinajstić information content (AvgIpc) is 3.03. The summed E-state index contributed by atoms with van der Waals surface area (Å²) in [6.07, 6.45) is -5.86. The topological polar surface area (TPSA) is 76.4 Å². The summed E-state index contributed by atoms with van der Waals surface area (Å²) >= 11 is 0. The van der Waals surface area contributed by atoms with Gasteiger partial charge < -0.3 is 15.2 Å². The molecule has 0 radical (unpaired) electrons. The Hall–Kier alpha value is -3.33. The highest BCUT2D eigenvalue weighted by atomic mass is 19.4. The zero-order valence-electron chi connectivity index (χ0n) is 16.3. The first-order valence-electron chi connectivity index (χ1n) is 9.08. The number of ether oxygens (including phenoxy) is 1. The number of amides is 1. The van der Waals surface area contributed by atoms with Gasteiger partial charge in [-0.05, 0) is 61.9 Å². The lowest BCUT2D eigenvalue weighted by Gasteiger charge is -2.14. The fourth-order valence-electron chi connectivity index (χ4n) is 2.95. The summed E-state index contributed by atoms with van der Waals surface area (Å²) in [6.45, 7) is 3.73. The molecule has 6 nitrogen and oxygen atoms in total. The molecule has 0 fully saturated rings. The molecule has 1 atom stereocenters. The molecule has 3 aromatic rings. The Balaban J connectivity index is 1.58. The third-order valence-corrected chi connectivity index (χ3v) is 4.34. The fraction of sp³-hybridized carbons (Fsp3) is 0.238. The second-order valence-corrected chi connectivity index (χ2v) is 6.73. The number of carbonyl (C=O) groups excluding carboxylic acids is 1. The van der Waals surface area contributed by atoms with Crippen LogP contribution in [-0.4, -0.2) is 33.7 Å². The van der Waals surface area contributed by atoms with Gasteiger partial charge in [0.25, 0.3) is 5.91 Å². The Morgan fingerprint density at radius 1 is 1.13 bits per heavy atom. The SMILES string of the molecule is Cc1cc(C)n(-c2ccc(C(=O)NCC(O)c3ccc(OC(F)(F)F)cc3)cc2)n1. The van der Waals surface area contributed by atoms with E-state index in [9.17, 15) is 23.1 Å². The first kappa shape index (κ1) is 21.4. The van der Waals surface area contributed by atoms with Crippen molar-refractivity contribution < 1.29 is 27.8 Å². The minimum Gasteiger partial charge on any atom is -0.406 e. The molecule has 0 spiro atoms. The highest BCUT2D eigenvalue weighted by Crippen LogP contribution is 2.24. The van der Waals surface area contributed by atoms with Crippen LogP contribution >= 0.6 is 0 Å². The number of carbonyl (C=O) groups is 1. The summed E-state index contributed by atoms with van der Waals surface area (Å²) in [7, 11) is 0. The zero-order chi connectivity index (χ0) is 21.9. The van der Waals surface area contributed by atoms with Crippen molar-refractivity contribution in [3.05, 3.63) is 77.1 Å². The standard InChI is InChI=1S/C21H20F3N3O3/c1-13-11-14(2)27(26-13)17-7-3-16(4-8-17)20(29)25-12-19(28)15-5-9-18(10-6-15)30-21(22,23)24/h3-11,19,28H,12H2,1-2H3,(H,25,29).